The van der Waals surface area contributed by atoms with E-state index in [1.807, 2.05) is 0 Å². The average molecular weight is 240 g/mol. The van der Waals surface area contributed by atoms with Gasteiger partial charge in [0.1, 0.15) is 0 Å². The van der Waals surface area contributed by atoms with E-state index in [0.717, 1.165) is 18.5 Å². The zero-order valence-corrected chi connectivity index (χ0v) is 12.6. The average Bonchev–Trinajstić information content (AvgIpc) is 3.06. The maximum Gasteiger partial charge on any atom is 0.0123 e. The minimum absolute atomic E-state index is 0.299. The van der Waals surface area contributed by atoms with Crippen molar-refractivity contribution in [2.75, 3.05) is 19.6 Å². The van der Waals surface area contributed by atoms with Crippen molar-refractivity contribution in [1.82, 2.24) is 10.2 Å². The van der Waals surface area contributed by atoms with Gasteiger partial charge in [0, 0.05) is 24.7 Å². The molecule has 0 aromatic carbocycles. The molecule has 0 radical (unpaired) electrons. The van der Waals surface area contributed by atoms with E-state index in [0.29, 0.717) is 5.54 Å². The second-order valence-electron chi connectivity index (χ2n) is 6.61. The van der Waals surface area contributed by atoms with Gasteiger partial charge in [0.25, 0.3) is 0 Å². The molecule has 102 valence electrons. The zero-order valence-electron chi connectivity index (χ0n) is 12.6. The number of hydrogen-bond acceptors (Lipinski definition) is 2. The first-order valence-electron chi connectivity index (χ1n) is 7.43. The second-order valence-corrected chi connectivity index (χ2v) is 6.61. The maximum absolute atomic E-state index is 3.67. The van der Waals surface area contributed by atoms with Crippen molar-refractivity contribution in [3.63, 3.8) is 0 Å². The first-order chi connectivity index (χ1) is 7.94. The highest BCUT2D eigenvalue weighted by molar-refractivity contribution is 4.85. The van der Waals surface area contributed by atoms with Crippen molar-refractivity contribution < 1.29 is 0 Å². The molecule has 1 aliphatic carbocycles. The highest BCUT2D eigenvalue weighted by atomic mass is 15.2. The number of nitrogens with zero attached hydrogens (tertiary/aromatic N) is 1. The third-order valence-corrected chi connectivity index (χ3v) is 3.94. The van der Waals surface area contributed by atoms with Gasteiger partial charge in [-0.15, -0.1) is 0 Å². The van der Waals surface area contributed by atoms with Crippen molar-refractivity contribution in [3.05, 3.63) is 0 Å². The van der Waals surface area contributed by atoms with Crippen LogP contribution in [0.4, 0.5) is 0 Å². The highest BCUT2D eigenvalue weighted by Gasteiger charge is 2.28. The monoisotopic (exact) mass is 240 g/mol. The third-order valence-electron chi connectivity index (χ3n) is 3.94. The lowest BCUT2D eigenvalue weighted by atomic mass is 10.0. The van der Waals surface area contributed by atoms with Crippen LogP contribution in [0.5, 0.6) is 0 Å². The van der Waals surface area contributed by atoms with Crippen LogP contribution in [-0.4, -0.2) is 36.1 Å². The summed E-state index contributed by atoms with van der Waals surface area (Å²) in [6.07, 6.45) is 5.39. The van der Waals surface area contributed by atoms with E-state index < -0.39 is 0 Å². The van der Waals surface area contributed by atoms with Crippen molar-refractivity contribution >= 4 is 0 Å². The lowest BCUT2D eigenvalue weighted by Gasteiger charge is -2.28. The SMILES string of the molecule is CCC(C)(C)NCCN(CCC(C)C)C1CC1. The second kappa shape index (κ2) is 6.75. The minimum atomic E-state index is 0.299. The van der Waals surface area contributed by atoms with Crippen LogP contribution in [0.1, 0.15) is 60.3 Å². The topological polar surface area (TPSA) is 15.3 Å². The molecule has 2 nitrogen and oxygen atoms in total. The number of rotatable bonds is 9. The van der Waals surface area contributed by atoms with Crippen molar-refractivity contribution in [2.45, 2.75) is 71.9 Å². The summed E-state index contributed by atoms with van der Waals surface area (Å²) >= 11 is 0. The lowest BCUT2D eigenvalue weighted by Crippen LogP contribution is -2.43. The molecule has 1 N–H and O–H groups in total. The Labute approximate surface area is 108 Å². The number of hydrogen-bond donors (Lipinski definition) is 1. The largest absolute Gasteiger partial charge is 0.311 e. The molecule has 0 aliphatic heterocycles. The fourth-order valence-corrected chi connectivity index (χ4v) is 2.00. The molecule has 1 rings (SSSR count). The molecular weight excluding hydrogens is 208 g/mol. The van der Waals surface area contributed by atoms with Gasteiger partial charge in [0.2, 0.25) is 0 Å². The van der Waals surface area contributed by atoms with Gasteiger partial charge in [-0.3, -0.25) is 4.90 Å². The summed E-state index contributed by atoms with van der Waals surface area (Å²) in [7, 11) is 0. The van der Waals surface area contributed by atoms with Crippen LogP contribution in [0.3, 0.4) is 0 Å². The van der Waals surface area contributed by atoms with Crippen LogP contribution >= 0.6 is 0 Å². The van der Waals surface area contributed by atoms with Gasteiger partial charge in [0.05, 0.1) is 0 Å². The summed E-state index contributed by atoms with van der Waals surface area (Å²) in [5, 5.41) is 3.67. The van der Waals surface area contributed by atoms with Crippen LogP contribution in [-0.2, 0) is 0 Å². The fraction of sp³-hybridized carbons (Fsp3) is 1.00. The maximum atomic E-state index is 3.67. The molecule has 0 saturated heterocycles. The molecule has 1 aliphatic rings. The molecule has 0 aromatic heterocycles. The molecule has 0 spiro atoms. The van der Waals surface area contributed by atoms with E-state index in [1.54, 1.807) is 0 Å². The molecule has 1 fully saturated rings. The molecule has 0 heterocycles. The summed E-state index contributed by atoms with van der Waals surface area (Å²) < 4.78 is 0. The standard InChI is InChI=1S/C15H32N2/c1-6-15(4,5)16-10-12-17(14-7-8-14)11-9-13(2)3/h13-14,16H,6-12H2,1-5H3. The lowest BCUT2D eigenvalue weighted by molar-refractivity contribution is 0.235. The molecule has 0 amide bonds. The third kappa shape index (κ3) is 6.42. The highest BCUT2D eigenvalue weighted by Crippen LogP contribution is 2.27. The summed E-state index contributed by atoms with van der Waals surface area (Å²) in [4.78, 5) is 2.69. The first-order valence-corrected chi connectivity index (χ1v) is 7.43. The summed E-state index contributed by atoms with van der Waals surface area (Å²) in [6, 6.07) is 0.903. The predicted octanol–water partition coefficient (Wildman–Crippen LogP) is 3.28. The van der Waals surface area contributed by atoms with Crippen LogP contribution in [0.15, 0.2) is 0 Å². The van der Waals surface area contributed by atoms with Crippen LogP contribution in [0, 0.1) is 5.92 Å². The van der Waals surface area contributed by atoms with Gasteiger partial charge in [-0.05, 0) is 52.0 Å². The Hall–Kier alpha value is -0.0800. The van der Waals surface area contributed by atoms with E-state index in [2.05, 4.69) is 44.8 Å². The Bertz CT molecular complexity index is 207. The van der Waals surface area contributed by atoms with Crippen molar-refractivity contribution in [1.29, 1.82) is 0 Å². The van der Waals surface area contributed by atoms with Crippen LogP contribution in [0.25, 0.3) is 0 Å². The van der Waals surface area contributed by atoms with Gasteiger partial charge in [-0.1, -0.05) is 20.8 Å². The Morgan fingerprint density at radius 1 is 1.24 bits per heavy atom. The molecule has 0 aromatic rings. The normalized spacial score (nSPS) is 17.1. The van der Waals surface area contributed by atoms with Crippen LogP contribution < -0.4 is 5.32 Å². The first kappa shape index (κ1) is 15.0. The Kier molecular flexibility index (Phi) is 5.94. The summed E-state index contributed by atoms with van der Waals surface area (Å²) in [6.45, 7) is 15.1. The van der Waals surface area contributed by atoms with Crippen LogP contribution in [0.2, 0.25) is 0 Å². The molecule has 0 atom stereocenters. The molecule has 0 unspecified atom stereocenters. The smallest absolute Gasteiger partial charge is 0.0123 e. The predicted molar refractivity (Wildman–Crippen MR) is 76.4 cm³/mol. The van der Waals surface area contributed by atoms with Crippen molar-refractivity contribution in [3.8, 4) is 0 Å². The molecule has 2 heteroatoms. The zero-order chi connectivity index (χ0) is 12.9. The van der Waals surface area contributed by atoms with E-state index in [-0.39, 0.29) is 0 Å². The quantitative estimate of drug-likeness (QED) is 0.665. The Balaban J connectivity index is 2.20. The van der Waals surface area contributed by atoms with Gasteiger partial charge < -0.3 is 5.32 Å². The van der Waals surface area contributed by atoms with Gasteiger partial charge in [-0.2, -0.15) is 0 Å². The van der Waals surface area contributed by atoms with E-state index >= 15 is 0 Å². The molecule has 0 bridgehead atoms. The molecular formula is C15H32N2. The van der Waals surface area contributed by atoms with E-state index in [9.17, 15) is 0 Å². The number of nitrogens with one attached hydrogen (secondary N) is 1. The molecule has 1 saturated carbocycles. The van der Waals surface area contributed by atoms with E-state index in [1.165, 1.54) is 38.8 Å². The molecule has 17 heavy (non-hydrogen) atoms. The summed E-state index contributed by atoms with van der Waals surface area (Å²) in [5.41, 5.74) is 0.299. The summed E-state index contributed by atoms with van der Waals surface area (Å²) in [5.74, 6) is 0.830. The van der Waals surface area contributed by atoms with Crippen molar-refractivity contribution in [2.24, 2.45) is 5.92 Å². The van der Waals surface area contributed by atoms with Gasteiger partial charge in [0.15, 0.2) is 0 Å². The van der Waals surface area contributed by atoms with Gasteiger partial charge >= 0.3 is 0 Å². The van der Waals surface area contributed by atoms with E-state index in [4.69, 9.17) is 0 Å². The fourth-order valence-electron chi connectivity index (χ4n) is 2.00. The van der Waals surface area contributed by atoms with Gasteiger partial charge in [-0.25, -0.2) is 0 Å². The Morgan fingerprint density at radius 2 is 1.88 bits per heavy atom. The minimum Gasteiger partial charge on any atom is -0.311 e. The Morgan fingerprint density at radius 3 is 2.35 bits per heavy atom.